The Morgan fingerprint density at radius 2 is 2.05 bits per heavy atom. The highest BCUT2D eigenvalue weighted by molar-refractivity contribution is 5.95. The Morgan fingerprint density at radius 3 is 2.71 bits per heavy atom. The maximum absolute atomic E-state index is 8.64. The van der Waals surface area contributed by atoms with Crippen LogP contribution < -0.4 is 10.6 Å². The average Bonchev–Trinajstić information content (AvgIpc) is 3.05. The van der Waals surface area contributed by atoms with Gasteiger partial charge in [0.25, 0.3) is 0 Å². The van der Waals surface area contributed by atoms with Crippen LogP contribution in [0.5, 0.6) is 0 Å². The van der Waals surface area contributed by atoms with E-state index in [0.717, 1.165) is 25.2 Å². The number of hydrogen-bond acceptors (Lipinski definition) is 4. The Kier molecular flexibility index (Phi) is 3.73. The third kappa shape index (κ3) is 2.81. The number of oxime groups is 1. The van der Waals surface area contributed by atoms with Crippen molar-refractivity contribution in [2.24, 2.45) is 10.9 Å². The Bertz CT molecular complexity index is 624. The highest BCUT2D eigenvalue weighted by atomic mass is 16.4. The molecular weight excluding hydrogens is 264 g/mol. The molecule has 1 fully saturated rings. The van der Waals surface area contributed by atoms with Gasteiger partial charge >= 0.3 is 0 Å². The quantitative estimate of drug-likeness (QED) is 0.391. The van der Waals surface area contributed by atoms with Crippen LogP contribution in [0, 0.1) is 0 Å². The Labute approximate surface area is 123 Å². The van der Waals surface area contributed by atoms with E-state index in [0.29, 0.717) is 11.6 Å². The minimum atomic E-state index is 0.0325. The highest BCUT2D eigenvalue weighted by Crippen LogP contribution is 2.30. The summed E-state index contributed by atoms with van der Waals surface area (Å²) in [5.74, 6) is 0.597. The third-order valence-electron chi connectivity index (χ3n) is 3.94. The smallest absolute Gasteiger partial charge is 0.188 e. The van der Waals surface area contributed by atoms with Gasteiger partial charge in [-0.1, -0.05) is 35.5 Å². The van der Waals surface area contributed by atoms with Crippen LogP contribution in [0.15, 0.2) is 53.8 Å². The maximum Gasteiger partial charge on any atom is 0.188 e. The van der Waals surface area contributed by atoms with Crippen LogP contribution in [0.2, 0.25) is 0 Å². The number of nitrogens with zero attached hydrogens (tertiary/aromatic N) is 3. The van der Waals surface area contributed by atoms with Crippen LogP contribution in [0.4, 0.5) is 5.69 Å². The molecule has 1 unspecified atom stereocenters. The Morgan fingerprint density at radius 1 is 1.24 bits per heavy atom. The maximum atomic E-state index is 8.64. The molecule has 1 aliphatic heterocycles. The number of anilines is 1. The van der Waals surface area contributed by atoms with Crippen molar-refractivity contribution in [1.29, 1.82) is 0 Å². The lowest BCUT2D eigenvalue weighted by atomic mass is 9.99. The van der Waals surface area contributed by atoms with Crippen molar-refractivity contribution >= 4 is 11.5 Å². The van der Waals surface area contributed by atoms with Crippen molar-refractivity contribution in [1.82, 2.24) is 4.98 Å². The van der Waals surface area contributed by atoms with E-state index in [-0.39, 0.29) is 5.84 Å². The lowest BCUT2D eigenvalue weighted by Crippen LogP contribution is -2.20. The minimum Gasteiger partial charge on any atom is -0.409 e. The number of rotatable bonds is 3. The van der Waals surface area contributed by atoms with Gasteiger partial charge in [-0.2, -0.15) is 0 Å². The van der Waals surface area contributed by atoms with E-state index in [4.69, 9.17) is 10.9 Å². The van der Waals surface area contributed by atoms with E-state index in [9.17, 15) is 0 Å². The predicted molar refractivity (Wildman–Crippen MR) is 82.8 cm³/mol. The summed E-state index contributed by atoms with van der Waals surface area (Å²) in [7, 11) is 0. The first-order valence-electron chi connectivity index (χ1n) is 7.02. The second-order valence-electron chi connectivity index (χ2n) is 5.23. The van der Waals surface area contributed by atoms with Crippen LogP contribution in [0.25, 0.3) is 0 Å². The van der Waals surface area contributed by atoms with Crippen LogP contribution in [0.1, 0.15) is 23.6 Å². The molecule has 1 aromatic heterocycles. The number of amidine groups is 1. The Hall–Kier alpha value is -2.56. The number of benzene rings is 1. The molecule has 0 radical (unpaired) electrons. The van der Waals surface area contributed by atoms with Crippen LogP contribution in [-0.2, 0) is 0 Å². The van der Waals surface area contributed by atoms with Crippen molar-refractivity contribution in [2.75, 3.05) is 18.0 Å². The van der Waals surface area contributed by atoms with Crippen molar-refractivity contribution in [3.05, 3.63) is 59.9 Å². The molecule has 0 bridgehead atoms. The van der Waals surface area contributed by atoms with E-state index in [1.54, 1.807) is 12.3 Å². The summed E-state index contributed by atoms with van der Waals surface area (Å²) in [4.78, 5) is 6.55. The van der Waals surface area contributed by atoms with Gasteiger partial charge in [-0.15, -0.1) is 0 Å². The fourth-order valence-corrected chi connectivity index (χ4v) is 2.77. The fraction of sp³-hybridized carbons (Fsp3) is 0.250. The number of hydrogen-bond donors (Lipinski definition) is 2. The number of pyridine rings is 1. The molecule has 1 saturated heterocycles. The van der Waals surface area contributed by atoms with Gasteiger partial charge in [-0.3, -0.25) is 4.98 Å². The molecule has 21 heavy (non-hydrogen) atoms. The summed E-state index contributed by atoms with van der Waals surface area (Å²) in [6.45, 7) is 2.01. The first-order valence-corrected chi connectivity index (χ1v) is 7.02. The van der Waals surface area contributed by atoms with Gasteiger partial charge in [0.2, 0.25) is 0 Å². The van der Waals surface area contributed by atoms with Crippen LogP contribution >= 0.6 is 0 Å². The monoisotopic (exact) mass is 282 g/mol. The summed E-state index contributed by atoms with van der Waals surface area (Å²) in [5.41, 5.74) is 8.47. The van der Waals surface area contributed by atoms with Crippen molar-refractivity contribution < 1.29 is 5.21 Å². The molecule has 1 aromatic carbocycles. The second-order valence-corrected chi connectivity index (χ2v) is 5.23. The van der Waals surface area contributed by atoms with E-state index in [1.807, 2.05) is 12.1 Å². The van der Waals surface area contributed by atoms with Gasteiger partial charge in [0.05, 0.1) is 11.9 Å². The van der Waals surface area contributed by atoms with E-state index in [1.165, 1.54) is 5.56 Å². The molecule has 3 rings (SSSR count). The molecule has 5 nitrogen and oxygen atoms in total. The first-order chi connectivity index (χ1) is 10.3. The molecule has 0 aliphatic carbocycles. The molecule has 1 aliphatic rings. The van der Waals surface area contributed by atoms with Crippen molar-refractivity contribution in [3.63, 3.8) is 0 Å². The first kappa shape index (κ1) is 13.4. The predicted octanol–water partition coefficient (Wildman–Crippen LogP) is 2.17. The summed E-state index contributed by atoms with van der Waals surface area (Å²) < 4.78 is 0. The molecule has 1 atom stereocenters. The van der Waals surface area contributed by atoms with Gasteiger partial charge in [-0.05, 0) is 24.1 Å². The molecule has 3 N–H and O–H groups in total. The van der Waals surface area contributed by atoms with Gasteiger partial charge in [0.1, 0.15) is 5.69 Å². The van der Waals surface area contributed by atoms with Crippen LogP contribution in [-0.4, -0.2) is 29.1 Å². The van der Waals surface area contributed by atoms with E-state index in [2.05, 4.69) is 39.3 Å². The average molecular weight is 282 g/mol. The van der Waals surface area contributed by atoms with Gasteiger partial charge in [0.15, 0.2) is 5.84 Å². The molecule has 0 amide bonds. The normalized spacial score (nSPS) is 19.0. The van der Waals surface area contributed by atoms with Gasteiger partial charge in [-0.25, -0.2) is 0 Å². The van der Waals surface area contributed by atoms with E-state index >= 15 is 0 Å². The summed E-state index contributed by atoms with van der Waals surface area (Å²) in [5, 5.41) is 11.6. The standard InChI is InChI=1S/C16H18N4O/c17-16(19-21)15-7-6-14(10-18-15)20-9-8-13(11-20)12-4-2-1-3-5-12/h1-7,10,13,21H,8-9,11H2,(H2,17,19). The molecule has 0 spiro atoms. The summed E-state index contributed by atoms with van der Waals surface area (Å²) >= 11 is 0. The fourth-order valence-electron chi connectivity index (χ4n) is 2.77. The largest absolute Gasteiger partial charge is 0.409 e. The van der Waals surface area contributed by atoms with Crippen molar-refractivity contribution in [2.45, 2.75) is 12.3 Å². The zero-order valence-corrected chi connectivity index (χ0v) is 11.7. The molecule has 2 aromatic rings. The van der Waals surface area contributed by atoms with Gasteiger partial charge in [0, 0.05) is 19.0 Å². The zero-order chi connectivity index (χ0) is 14.7. The molecule has 0 saturated carbocycles. The lowest BCUT2D eigenvalue weighted by Gasteiger charge is -2.18. The van der Waals surface area contributed by atoms with Crippen molar-refractivity contribution in [3.8, 4) is 0 Å². The molecule has 2 heterocycles. The second kappa shape index (κ2) is 5.83. The highest BCUT2D eigenvalue weighted by Gasteiger charge is 2.24. The minimum absolute atomic E-state index is 0.0325. The lowest BCUT2D eigenvalue weighted by molar-refractivity contribution is 0.318. The molecule has 5 heteroatoms. The zero-order valence-electron chi connectivity index (χ0n) is 11.7. The summed E-state index contributed by atoms with van der Waals surface area (Å²) in [6.07, 6.45) is 2.92. The summed E-state index contributed by atoms with van der Waals surface area (Å²) in [6, 6.07) is 14.3. The third-order valence-corrected chi connectivity index (χ3v) is 3.94. The number of nitrogens with two attached hydrogens (primary N) is 1. The molecule has 108 valence electrons. The molecular formula is C16H18N4O. The number of aromatic nitrogens is 1. The SMILES string of the molecule is N/C(=N/O)c1ccc(N2CCC(c3ccccc3)C2)cn1. The topological polar surface area (TPSA) is 74.7 Å². The van der Waals surface area contributed by atoms with Gasteiger partial charge < -0.3 is 15.8 Å². The van der Waals surface area contributed by atoms with Crippen LogP contribution in [0.3, 0.4) is 0 Å². The van der Waals surface area contributed by atoms with E-state index < -0.39 is 0 Å². The Balaban J connectivity index is 1.72.